The summed E-state index contributed by atoms with van der Waals surface area (Å²) in [6.45, 7) is 4.37. The first-order valence-electron chi connectivity index (χ1n) is 5.13. The van der Waals surface area contributed by atoms with Crippen molar-refractivity contribution in [3.8, 4) is 0 Å². The Balaban J connectivity index is 2.85. The van der Waals surface area contributed by atoms with Crippen molar-refractivity contribution < 1.29 is 9.53 Å². The second kappa shape index (κ2) is 5.89. The van der Waals surface area contributed by atoms with Crippen molar-refractivity contribution >= 4 is 27.6 Å². The molecule has 0 radical (unpaired) electrons. The highest BCUT2D eigenvalue weighted by molar-refractivity contribution is 9.10. The highest BCUT2D eigenvalue weighted by Gasteiger charge is 2.14. The van der Waals surface area contributed by atoms with E-state index in [1.54, 1.807) is 0 Å². The molecule has 0 saturated heterocycles. The van der Waals surface area contributed by atoms with Crippen molar-refractivity contribution in [1.29, 1.82) is 0 Å². The van der Waals surface area contributed by atoms with Gasteiger partial charge in [0.05, 0.1) is 7.11 Å². The first-order chi connectivity index (χ1) is 7.54. The van der Waals surface area contributed by atoms with Crippen LogP contribution in [0.15, 0.2) is 28.7 Å². The zero-order valence-corrected chi connectivity index (χ0v) is 11.3. The number of methoxy groups -OCH3 is 1. The quantitative estimate of drug-likeness (QED) is 0.797. The van der Waals surface area contributed by atoms with Gasteiger partial charge >= 0.3 is 5.97 Å². The summed E-state index contributed by atoms with van der Waals surface area (Å²) in [6.07, 6.45) is 0. The molecule has 0 amide bonds. The number of carbonyl (C=O) groups is 1. The minimum Gasteiger partial charge on any atom is -0.468 e. The zero-order chi connectivity index (χ0) is 12.1. The predicted molar refractivity (Wildman–Crippen MR) is 68.6 cm³/mol. The van der Waals surface area contributed by atoms with Crippen LogP contribution in [0, 0.1) is 0 Å². The molecule has 0 atom stereocenters. The molecular weight excluding hydrogens is 270 g/mol. The van der Waals surface area contributed by atoms with Gasteiger partial charge < -0.3 is 9.64 Å². The summed E-state index contributed by atoms with van der Waals surface area (Å²) in [5.74, 6) is -0.225. The largest absolute Gasteiger partial charge is 0.468 e. The second-order valence-corrected chi connectivity index (χ2v) is 4.69. The highest BCUT2D eigenvalue weighted by atomic mass is 79.9. The topological polar surface area (TPSA) is 29.5 Å². The Morgan fingerprint density at radius 2 is 1.94 bits per heavy atom. The number of hydrogen-bond donors (Lipinski definition) is 0. The second-order valence-electron chi connectivity index (χ2n) is 3.77. The van der Waals surface area contributed by atoms with Gasteiger partial charge in [-0.3, -0.25) is 4.79 Å². The average molecular weight is 286 g/mol. The van der Waals surface area contributed by atoms with Crippen LogP contribution >= 0.6 is 15.9 Å². The van der Waals surface area contributed by atoms with Crippen molar-refractivity contribution in [2.24, 2.45) is 0 Å². The van der Waals surface area contributed by atoms with Gasteiger partial charge in [0.1, 0.15) is 6.54 Å². The van der Waals surface area contributed by atoms with Crippen LogP contribution in [0.1, 0.15) is 13.8 Å². The molecule has 1 aromatic carbocycles. The lowest BCUT2D eigenvalue weighted by molar-refractivity contribution is -0.139. The Morgan fingerprint density at radius 1 is 1.38 bits per heavy atom. The van der Waals surface area contributed by atoms with Gasteiger partial charge in [-0.2, -0.15) is 0 Å². The maximum Gasteiger partial charge on any atom is 0.325 e. The maximum atomic E-state index is 11.3. The van der Waals surface area contributed by atoms with Gasteiger partial charge in [0.15, 0.2) is 0 Å². The molecule has 0 aliphatic heterocycles. The molecule has 0 heterocycles. The van der Waals surface area contributed by atoms with Crippen molar-refractivity contribution in [2.75, 3.05) is 18.6 Å². The smallest absolute Gasteiger partial charge is 0.325 e. The van der Waals surface area contributed by atoms with Gasteiger partial charge in [0.2, 0.25) is 0 Å². The van der Waals surface area contributed by atoms with Gasteiger partial charge in [-0.25, -0.2) is 0 Å². The molecule has 4 heteroatoms. The summed E-state index contributed by atoms with van der Waals surface area (Å²) in [7, 11) is 1.41. The number of hydrogen-bond acceptors (Lipinski definition) is 3. The number of nitrogens with zero attached hydrogens (tertiary/aromatic N) is 1. The van der Waals surface area contributed by atoms with Crippen LogP contribution in [0.25, 0.3) is 0 Å². The predicted octanol–water partition coefficient (Wildman–Crippen LogP) is 2.84. The van der Waals surface area contributed by atoms with Crippen LogP contribution in [0.3, 0.4) is 0 Å². The molecule has 0 fully saturated rings. The van der Waals surface area contributed by atoms with E-state index in [0.29, 0.717) is 0 Å². The van der Waals surface area contributed by atoms with E-state index in [2.05, 4.69) is 20.7 Å². The van der Waals surface area contributed by atoms with Crippen LogP contribution in [-0.2, 0) is 9.53 Å². The van der Waals surface area contributed by atoms with Crippen LogP contribution < -0.4 is 4.90 Å². The molecule has 0 N–H and O–H groups in total. The lowest BCUT2D eigenvalue weighted by atomic mass is 10.2. The fourth-order valence-corrected chi connectivity index (χ4v) is 1.67. The van der Waals surface area contributed by atoms with Gasteiger partial charge in [-0.05, 0) is 38.1 Å². The molecule has 0 aliphatic rings. The summed E-state index contributed by atoms with van der Waals surface area (Å²) < 4.78 is 5.71. The normalized spacial score (nSPS) is 10.3. The molecule has 0 unspecified atom stereocenters. The number of benzene rings is 1. The van der Waals surface area contributed by atoms with Gasteiger partial charge in [-0.1, -0.05) is 15.9 Å². The van der Waals surface area contributed by atoms with Crippen LogP contribution in [0.2, 0.25) is 0 Å². The molecule has 0 aliphatic carbocycles. The van der Waals surface area contributed by atoms with E-state index in [0.717, 1.165) is 10.2 Å². The number of carbonyl (C=O) groups excluding carboxylic acids is 1. The third-order valence-electron chi connectivity index (χ3n) is 2.31. The summed E-state index contributed by atoms with van der Waals surface area (Å²) in [5.41, 5.74) is 1.02. The van der Waals surface area contributed by atoms with Crippen LogP contribution in [-0.4, -0.2) is 25.7 Å². The number of halogens is 1. The molecule has 1 rings (SSSR count). The first kappa shape index (κ1) is 13.0. The monoisotopic (exact) mass is 285 g/mol. The minimum absolute atomic E-state index is 0.225. The molecule has 88 valence electrons. The van der Waals surface area contributed by atoms with E-state index in [1.807, 2.05) is 43.0 Å². The van der Waals surface area contributed by atoms with E-state index in [4.69, 9.17) is 0 Å². The molecule has 16 heavy (non-hydrogen) atoms. The maximum absolute atomic E-state index is 11.3. The Hall–Kier alpha value is -1.03. The van der Waals surface area contributed by atoms with E-state index in [9.17, 15) is 4.79 Å². The number of esters is 1. The molecule has 0 aromatic heterocycles. The Morgan fingerprint density at radius 3 is 2.38 bits per heavy atom. The molecule has 0 spiro atoms. The van der Waals surface area contributed by atoms with Gasteiger partial charge in [-0.15, -0.1) is 0 Å². The fourth-order valence-electron chi connectivity index (χ4n) is 1.41. The van der Waals surface area contributed by atoms with Crippen LogP contribution in [0.4, 0.5) is 5.69 Å². The average Bonchev–Trinajstić information content (AvgIpc) is 2.26. The Bertz CT molecular complexity index is 349. The third-order valence-corrected chi connectivity index (χ3v) is 2.84. The van der Waals surface area contributed by atoms with Crippen molar-refractivity contribution in [1.82, 2.24) is 0 Å². The molecule has 3 nitrogen and oxygen atoms in total. The van der Waals surface area contributed by atoms with Crippen molar-refractivity contribution in [2.45, 2.75) is 19.9 Å². The molecule has 0 bridgehead atoms. The minimum atomic E-state index is -0.225. The number of ether oxygens (including phenoxy) is 1. The van der Waals surface area contributed by atoms with Crippen molar-refractivity contribution in [3.05, 3.63) is 28.7 Å². The van der Waals surface area contributed by atoms with E-state index < -0.39 is 0 Å². The zero-order valence-electron chi connectivity index (χ0n) is 9.74. The Kier molecular flexibility index (Phi) is 4.80. The summed E-state index contributed by atoms with van der Waals surface area (Å²) in [5, 5.41) is 0. The highest BCUT2D eigenvalue weighted by Crippen LogP contribution is 2.20. The summed E-state index contributed by atoms with van der Waals surface area (Å²) in [4.78, 5) is 13.3. The van der Waals surface area contributed by atoms with E-state index >= 15 is 0 Å². The van der Waals surface area contributed by atoms with E-state index in [1.165, 1.54) is 7.11 Å². The van der Waals surface area contributed by atoms with Gasteiger partial charge in [0, 0.05) is 16.2 Å². The summed E-state index contributed by atoms with van der Waals surface area (Å²) >= 11 is 3.39. The lowest BCUT2D eigenvalue weighted by Gasteiger charge is -2.27. The standard InChI is InChI=1S/C12H16BrNO2/c1-9(2)14(8-12(15)16-3)11-6-4-10(13)5-7-11/h4-7,9H,8H2,1-3H3. The first-order valence-corrected chi connectivity index (χ1v) is 5.93. The SMILES string of the molecule is COC(=O)CN(c1ccc(Br)cc1)C(C)C. The van der Waals surface area contributed by atoms with Crippen molar-refractivity contribution in [3.63, 3.8) is 0 Å². The molecular formula is C12H16BrNO2. The molecule has 0 saturated carbocycles. The molecule has 1 aromatic rings. The van der Waals surface area contributed by atoms with Crippen LogP contribution in [0.5, 0.6) is 0 Å². The fraction of sp³-hybridized carbons (Fsp3) is 0.417. The van der Waals surface area contributed by atoms with E-state index in [-0.39, 0.29) is 18.6 Å². The lowest BCUT2D eigenvalue weighted by Crippen LogP contribution is -2.36. The van der Waals surface area contributed by atoms with Gasteiger partial charge in [0.25, 0.3) is 0 Å². The number of rotatable bonds is 4. The number of anilines is 1. The summed E-state index contributed by atoms with van der Waals surface area (Å²) in [6, 6.07) is 8.13. The third kappa shape index (κ3) is 3.52. The Labute approximate surface area is 105 Å².